The highest BCUT2D eigenvalue weighted by Crippen LogP contribution is 2.13. The number of rotatable bonds is 6. The van der Waals surface area contributed by atoms with Gasteiger partial charge >= 0.3 is 5.97 Å². The molecule has 0 aliphatic rings. The molecule has 1 amide bonds. The first-order valence-corrected chi connectivity index (χ1v) is 5.19. The Balaban J connectivity index is 4.53. The minimum absolute atomic E-state index is 0.232. The van der Waals surface area contributed by atoms with E-state index in [1.807, 2.05) is 19.1 Å². The van der Waals surface area contributed by atoms with E-state index >= 15 is 0 Å². The minimum atomic E-state index is -1.25. The molecule has 0 aromatic rings. The van der Waals surface area contributed by atoms with Crippen molar-refractivity contribution in [2.45, 2.75) is 39.3 Å². The van der Waals surface area contributed by atoms with Crippen LogP contribution >= 0.6 is 0 Å². The predicted octanol–water partition coefficient (Wildman–Crippen LogP) is 0.539. The van der Waals surface area contributed by atoms with Gasteiger partial charge in [0.05, 0.1) is 6.10 Å². The van der Waals surface area contributed by atoms with Crippen LogP contribution in [0.25, 0.3) is 0 Å². The molecule has 3 atom stereocenters. The normalized spacial score (nSPS) is 16.8. The average Bonchev–Trinajstić information content (AvgIpc) is 2.20. The highest BCUT2D eigenvalue weighted by Gasteiger charge is 2.30. The van der Waals surface area contributed by atoms with Gasteiger partial charge in [0.15, 0.2) is 6.04 Å². The van der Waals surface area contributed by atoms with Gasteiger partial charge in [-0.1, -0.05) is 19.1 Å². The fourth-order valence-electron chi connectivity index (χ4n) is 1.33. The lowest BCUT2D eigenvalue weighted by Crippen LogP contribution is -2.50. The van der Waals surface area contributed by atoms with Crippen LogP contribution < -0.4 is 5.32 Å². The first-order chi connectivity index (χ1) is 7.40. The van der Waals surface area contributed by atoms with Crippen molar-refractivity contribution in [1.82, 2.24) is 5.32 Å². The number of allylic oxidation sites excluding steroid dienone is 2. The number of hydrogen-bond acceptors (Lipinski definition) is 3. The van der Waals surface area contributed by atoms with Crippen LogP contribution in [0.4, 0.5) is 0 Å². The Labute approximate surface area is 95.2 Å². The van der Waals surface area contributed by atoms with Crippen LogP contribution in [0.1, 0.15) is 27.2 Å². The highest BCUT2D eigenvalue weighted by molar-refractivity contribution is 5.82. The lowest BCUT2D eigenvalue weighted by atomic mass is 9.94. The predicted molar refractivity (Wildman–Crippen MR) is 59.8 cm³/mol. The second-order valence-electron chi connectivity index (χ2n) is 3.79. The van der Waals surface area contributed by atoms with Gasteiger partial charge in [0.2, 0.25) is 5.91 Å². The number of amides is 1. The van der Waals surface area contributed by atoms with E-state index in [0.29, 0.717) is 6.42 Å². The molecule has 0 aromatic carbocycles. The summed E-state index contributed by atoms with van der Waals surface area (Å²) in [5.41, 5.74) is 0. The van der Waals surface area contributed by atoms with Gasteiger partial charge < -0.3 is 15.5 Å². The molecule has 0 radical (unpaired) electrons. The number of aliphatic carboxylic acids is 1. The molecule has 16 heavy (non-hydrogen) atoms. The lowest BCUT2D eigenvalue weighted by molar-refractivity contribution is -0.145. The van der Waals surface area contributed by atoms with Crippen LogP contribution in [0.5, 0.6) is 0 Å². The summed E-state index contributed by atoms with van der Waals surface area (Å²) in [5.74, 6) is -1.93. The number of aliphatic hydroxyl groups is 1. The number of carboxylic acids is 1. The zero-order valence-electron chi connectivity index (χ0n) is 9.80. The Bertz CT molecular complexity index is 275. The summed E-state index contributed by atoms with van der Waals surface area (Å²) >= 11 is 0. The SMILES string of the molecule is C/C=C/C[C@@H](C)[C@H](O)[C@@H](NC(C)=O)C(=O)O. The van der Waals surface area contributed by atoms with E-state index in [1.54, 1.807) is 6.92 Å². The van der Waals surface area contributed by atoms with E-state index in [1.165, 1.54) is 6.92 Å². The summed E-state index contributed by atoms with van der Waals surface area (Å²) < 4.78 is 0. The second-order valence-corrected chi connectivity index (χ2v) is 3.79. The quantitative estimate of drug-likeness (QED) is 0.580. The third-order valence-corrected chi connectivity index (χ3v) is 2.29. The van der Waals surface area contributed by atoms with Gasteiger partial charge in [-0.2, -0.15) is 0 Å². The zero-order valence-corrected chi connectivity index (χ0v) is 9.80. The third kappa shape index (κ3) is 4.93. The molecule has 0 heterocycles. The summed E-state index contributed by atoms with van der Waals surface area (Å²) in [4.78, 5) is 21.7. The lowest BCUT2D eigenvalue weighted by Gasteiger charge is -2.24. The molecular formula is C11H19NO4. The monoisotopic (exact) mass is 229 g/mol. The molecule has 0 aliphatic heterocycles. The van der Waals surface area contributed by atoms with Gasteiger partial charge in [0.1, 0.15) is 0 Å². The zero-order chi connectivity index (χ0) is 12.7. The van der Waals surface area contributed by atoms with Crippen molar-refractivity contribution in [3.8, 4) is 0 Å². The van der Waals surface area contributed by atoms with Crippen LogP contribution in [-0.2, 0) is 9.59 Å². The van der Waals surface area contributed by atoms with Crippen LogP contribution in [0.15, 0.2) is 12.2 Å². The van der Waals surface area contributed by atoms with Gasteiger partial charge in [-0.15, -0.1) is 0 Å². The molecule has 0 aromatic heterocycles. The first-order valence-electron chi connectivity index (χ1n) is 5.19. The maximum Gasteiger partial charge on any atom is 0.328 e. The summed E-state index contributed by atoms with van der Waals surface area (Å²) in [6, 6.07) is -1.25. The highest BCUT2D eigenvalue weighted by atomic mass is 16.4. The van der Waals surface area contributed by atoms with E-state index in [2.05, 4.69) is 5.32 Å². The molecule has 3 N–H and O–H groups in total. The Morgan fingerprint density at radius 3 is 2.38 bits per heavy atom. The topological polar surface area (TPSA) is 86.6 Å². The molecule has 0 aliphatic carbocycles. The fourth-order valence-corrected chi connectivity index (χ4v) is 1.33. The molecule has 0 saturated carbocycles. The van der Waals surface area contributed by atoms with Crippen molar-refractivity contribution in [1.29, 1.82) is 0 Å². The maximum absolute atomic E-state index is 10.9. The molecule has 0 saturated heterocycles. The van der Waals surface area contributed by atoms with Crippen LogP contribution in [-0.4, -0.2) is 34.2 Å². The van der Waals surface area contributed by atoms with Crippen molar-refractivity contribution in [2.24, 2.45) is 5.92 Å². The van der Waals surface area contributed by atoms with E-state index < -0.39 is 24.0 Å². The van der Waals surface area contributed by atoms with Gasteiger partial charge in [-0.3, -0.25) is 4.79 Å². The molecule has 0 fully saturated rings. The average molecular weight is 229 g/mol. The molecule has 5 heteroatoms. The van der Waals surface area contributed by atoms with E-state index in [0.717, 1.165) is 0 Å². The summed E-state index contributed by atoms with van der Waals surface area (Å²) in [7, 11) is 0. The Hall–Kier alpha value is -1.36. The Kier molecular flexibility index (Phi) is 6.41. The van der Waals surface area contributed by atoms with E-state index in [9.17, 15) is 14.7 Å². The van der Waals surface area contributed by atoms with Crippen molar-refractivity contribution in [2.75, 3.05) is 0 Å². The van der Waals surface area contributed by atoms with Crippen molar-refractivity contribution in [3.63, 3.8) is 0 Å². The van der Waals surface area contributed by atoms with Crippen molar-refractivity contribution < 1.29 is 19.8 Å². The maximum atomic E-state index is 10.9. The molecule has 0 unspecified atom stereocenters. The number of hydrogen-bond donors (Lipinski definition) is 3. The van der Waals surface area contributed by atoms with Gasteiger partial charge in [0, 0.05) is 6.92 Å². The fraction of sp³-hybridized carbons (Fsp3) is 0.636. The van der Waals surface area contributed by atoms with Crippen molar-refractivity contribution in [3.05, 3.63) is 12.2 Å². The smallest absolute Gasteiger partial charge is 0.328 e. The number of carbonyl (C=O) groups excluding carboxylic acids is 1. The number of nitrogens with one attached hydrogen (secondary N) is 1. The van der Waals surface area contributed by atoms with Crippen LogP contribution in [0.3, 0.4) is 0 Å². The molecule has 0 bridgehead atoms. The largest absolute Gasteiger partial charge is 0.480 e. The molecule has 0 rings (SSSR count). The molecule has 92 valence electrons. The van der Waals surface area contributed by atoms with Gasteiger partial charge in [0.25, 0.3) is 0 Å². The summed E-state index contributed by atoms with van der Waals surface area (Å²) in [6.45, 7) is 4.81. The summed E-state index contributed by atoms with van der Waals surface area (Å²) in [5, 5.41) is 20.9. The molecule has 0 spiro atoms. The minimum Gasteiger partial charge on any atom is -0.480 e. The number of aliphatic hydroxyl groups excluding tert-OH is 1. The molecular weight excluding hydrogens is 210 g/mol. The van der Waals surface area contributed by atoms with Gasteiger partial charge in [-0.25, -0.2) is 4.79 Å². The Morgan fingerprint density at radius 1 is 1.44 bits per heavy atom. The standard InChI is InChI=1S/C11H19NO4/c1-4-5-6-7(2)10(14)9(11(15)16)12-8(3)13/h4-5,7,9-10,14H,6H2,1-3H3,(H,12,13)(H,15,16)/b5-4+/t7-,9-,10+/m1/s1. The summed E-state index contributed by atoms with van der Waals surface area (Å²) in [6.07, 6.45) is 3.15. The molecule has 5 nitrogen and oxygen atoms in total. The number of carbonyl (C=O) groups is 2. The van der Waals surface area contributed by atoms with Gasteiger partial charge in [-0.05, 0) is 19.3 Å². The third-order valence-electron chi connectivity index (χ3n) is 2.29. The van der Waals surface area contributed by atoms with Crippen LogP contribution in [0, 0.1) is 5.92 Å². The van der Waals surface area contributed by atoms with Crippen LogP contribution in [0.2, 0.25) is 0 Å². The Morgan fingerprint density at radius 2 is 2.00 bits per heavy atom. The van der Waals surface area contributed by atoms with E-state index in [-0.39, 0.29) is 5.92 Å². The van der Waals surface area contributed by atoms with Crippen molar-refractivity contribution >= 4 is 11.9 Å². The first kappa shape index (κ1) is 14.6. The second kappa shape index (κ2) is 7.00. The van der Waals surface area contributed by atoms with E-state index in [4.69, 9.17) is 5.11 Å². The number of carboxylic acid groups (broad SMARTS) is 1.